The lowest BCUT2D eigenvalue weighted by Gasteiger charge is -2.11. The Labute approximate surface area is 179 Å². The van der Waals surface area contributed by atoms with Crippen molar-refractivity contribution in [1.29, 1.82) is 0 Å². The van der Waals surface area contributed by atoms with Gasteiger partial charge in [-0.3, -0.25) is 9.89 Å². The lowest BCUT2D eigenvalue weighted by atomic mass is 10.1. The highest BCUT2D eigenvalue weighted by Gasteiger charge is 2.17. The second-order valence-corrected chi connectivity index (χ2v) is 8.03. The number of benzene rings is 2. The average molecular weight is 462 g/mol. The van der Waals surface area contributed by atoms with Gasteiger partial charge in [0, 0.05) is 5.56 Å². The molecule has 0 aliphatic heterocycles. The minimum atomic E-state index is -0.344. The van der Waals surface area contributed by atoms with Gasteiger partial charge >= 0.3 is 0 Å². The van der Waals surface area contributed by atoms with Crippen LogP contribution in [-0.2, 0) is 4.79 Å². The quantitative estimate of drug-likeness (QED) is 0.354. The van der Waals surface area contributed by atoms with Crippen LogP contribution in [-0.4, -0.2) is 26.8 Å². The zero-order chi connectivity index (χ0) is 19.6. The van der Waals surface area contributed by atoms with E-state index in [-0.39, 0.29) is 37.4 Å². The molecule has 0 spiro atoms. The predicted molar refractivity (Wildman–Crippen MR) is 112 cm³/mol. The first-order valence-electron chi connectivity index (χ1n) is 7.60. The highest BCUT2D eigenvalue weighted by molar-refractivity contribution is 7.99. The highest BCUT2D eigenvalue weighted by Crippen LogP contribution is 2.41. The average Bonchev–Trinajstić information content (AvgIpc) is 3.11. The number of rotatable bonds is 5. The van der Waals surface area contributed by atoms with Crippen molar-refractivity contribution in [3.05, 3.63) is 56.0 Å². The summed E-state index contributed by atoms with van der Waals surface area (Å²) in [6, 6.07) is 9.29. The van der Waals surface area contributed by atoms with E-state index in [2.05, 4.69) is 20.5 Å². The van der Waals surface area contributed by atoms with Gasteiger partial charge in [0.1, 0.15) is 0 Å². The molecule has 2 N–H and O–H groups in total. The zero-order valence-electron chi connectivity index (χ0n) is 13.8. The molecule has 1 heterocycles. The monoisotopic (exact) mass is 460 g/mol. The van der Waals surface area contributed by atoms with Crippen LogP contribution in [0.1, 0.15) is 5.56 Å². The van der Waals surface area contributed by atoms with Gasteiger partial charge in [0.05, 0.1) is 31.5 Å². The molecule has 0 saturated heterocycles. The van der Waals surface area contributed by atoms with Crippen LogP contribution in [0.5, 0.6) is 0 Å². The third-order valence-electron chi connectivity index (χ3n) is 3.50. The Morgan fingerprint density at radius 3 is 2.37 bits per heavy atom. The van der Waals surface area contributed by atoms with Crippen molar-refractivity contribution in [2.45, 2.75) is 12.1 Å². The summed E-state index contributed by atoms with van der Waals surface area (Å²) in [5.41, 5.74) is 2.25. The number of halogens is 4. The van der Waals surface area contributed by atoms with Crippen molar-refractivity contribution >= 4 is 69.8 Å². The van der Waals surface area contributed by atoms with Gasteiger partial charge in [-0.15, -0.1) is 5.10 Å². The summed E-state index contributed by atoms with van der Waals surface area (Å²) in [6.45, 7) is 2.01. The minimum Gasteiger partial charge on any atom is -0.323 e. The first-order valence-corrected chi connectivity index (χ1v) is 10.1. The van der Waals surface area contributed by atoms with Gasteiger partial charge in [-0.2, -0.15) is 0 Å². The van der Waals surface area contributed by atoms with E-state index in [1.54, 1.807) is 0 Å². The van der Waals surface area contributed by atoms with Crippen LogP contribution in [0.2, 0.25) is 20.1 Å². The zero-order valence-corrected chi connectivity index (χ0v) is 17.7. The van der Waals surface area contributed by atoms with Crippen molar-refractivity contribution in [1.82, 2.24) is 15.2 Å². The molecule has 1 amide bonds. The Kier molecular flexibility index (Phi) is 6.55. The maximum absolute atomic E-state index is 12.2. The molecule has 0 atom stereocenters. The molecule has 3 rings (SSSR count). The third-order valence-corrected chi connectivity index (χ3v) is 5.92. The molecule has 0 aliphatic carbocycles. The summed E-state index contributed by atoms with van der Waals surface area (Å²) in [5, 5.41) is 10.7. The number of nitrogens with one attached hydrogen (secondary N) is 2. The summed E-state index contributed by atoms with van der Waals surface area (Å²) in [7, 11) is 0. The molecule has 140 valence electrons. The number of anilines is 1. The Morgan fingerprint density at radius 2 is 1.74 bits per heavy atom. The highest BCUT2D eigenvalue weighted by atomic mass is 35.5. The van der Waals surface area contributed by atoms with Crippen molar-refractivity contribution < 1.29 is 4.79 Å². The number of aromatic nitrogens is 3. The molecule has 10 heteroatoms. The molecule has 1 aromatic heterocycles. The van der Waals surface area contributed by atoms with E-state index in [9.17, 15) is 4.79 Å². The van der Waals surface area contributed by atoms with E-state index in [4.69, 9.17) is 46.4 Å². The standard InChI is InChI=1S/C17H12Cl4N4OS/c1-8-2-4-9(5-3-8)16-23-17(25-24-16)27-7-12(26)22-15-13(20)10(18)6-11(19)14(15)21/h2-6H,7H2,1H3,(H,22,26)(H,23,24,25). The number of thioether (sulfide) groups is 1. The second-order valence-electron chi connectivity index (χ2n) is 5.51. The Balaban J connectivity index is 1.64. The summed E-state index contributed by atoms with van der Waals surface area (Å²) in [6.07, 6.45) is 0. The van der Waals surface area contributed by atoms with Gasteiger partial charge in [0.15, 0.2) is 5.82 Å². The van der Waals surface area contributed by atoms with Crippen LogP contribution < -0.4 is 5.32 Å². The van der Waals surface area contributed by atoms with Gasteiger partial charge in [-0.25, -0.2) is 4.98 Å². The van der Waals surface area contributed by atoms with E-state index in [0.717, 1.165) is 11.1 Å². The molecule has 0 fully saturated rings. The largest absolute Gasteiger partial charge is 0.323 e. The van der Waals surface area contributed by atoms with Gasteiger partial charge in [0.2, 0.25) is 11.1 Å². The van der Waals surface area contributed by atoms with E-state index < -0.39 is 0 Å². The SMILES string of the molecule is Cc1ccc(-c2nc(SCC(=O)Nc3c(Cl)c(Cl)cc(Cl)c3Cl)n[nH]2)cc1. The van der Waals surface area contributed by atoms with Crippen molar-refractivity contribution in [3.8, 4) is 11.4 Å². The first-order chi connectivity index (χ1) is 12.8. The number of hydrogen-bond acceptors (Lipinski definition) is 4. The fraction of sp³-hybridized carbons (Fsp3) is 0.118. The fourth-order valence-corrected chi connectivity index (χ4v) is 3.64. The molecular formula is C17H12Cl4N4OS. The van der Waals surface area contributed by atoms with Crippen molar-refractivity contribution in [3.63, 3.8) is 0 Å². The molecule has 0 bridgehead atoms. The molecule has 27 heavy (non-hydrogen) atoms. The van der Waals surface area contributed by atoms with E-state index in [0.29, 0.717) is 11.0 Å². The van der Waals surface area contributed by atoms with E-state index in [1.807, 2.05) is 31.2 Å². The Morgan fingerprint density at radius 1 is 1.11 bits per heavy atom. The molecule has 2 aromatic carbocycles. The van der Waals surface area contributed by atoms with Crippen LogP contribution in [0.3, 0.4) is 0 Å². The summed E-state index contributed by atoms with van der Waals surface area (Å²) >= 11 is 25.3. The van der Waals surface area contributed by atoms with Crippen LogP contribution in [0.25, 0.3) is 11.4 Å². The first kappa shape index (κ1) is 20.3. The van der Waals surface area contributed by atoms with Gasteiger partial charge in [0.25, 0.3) is 0 Å². The van der Waals surface area contributed by atoms with Gasteiger partial charge in [-0.05, 0) is 13.0 Å². The molecule has 5 nitrogen and oxygen atoms in total. The van der Waals surface area contributed by atoms with E-state index >= 15 is 0 Å². The molecule has 0 radical (unpaired) electrons. The number of carbonyl (C=O) groups is 1. The van der Waals surface area contributed by atoms with Crippen LogP contribution in [0, 0.1) is 6.92 Å². The number of carbonyl (C=O) groups excluding carboxylic acids is 1. The Hall–Kier alpha value is -1.44. The normalized spacial score (nSPS) is 10.9. The fourth-order valence-electron chi connectivity index (χ4n) is 2.14. The molecule has 0 aliphatic rings. The number of aryl methyl sites for hydroxylation is 1. The van der Waals surface area contributed by atoms with Crippen molar-refractivity contribution in [2.24, 2.45) is 0 Å². The number of aromatic amines is 1. The third kappa shape index (κ3) is 4.89. The molecule has 0 saturated carbocycles. The topological polar surface area (TPSA) is 70.7 Å². The van der Waals surface area contributed by atoms with Gasteiger partial charge < -0.3 is 5.32 Å². The summed E-state index contributed by atoms with van der Waals surface area (Å²) in [5.74, 6) is 0.344. The van der Waals surface area contributed by atoms with Crippen LogP contribution in [0.4, 0.5) is 5.69 Å². The lowest BCUT2D eigenvalue weighted by molar-refractivity contribution is -0.113. The number of amides is 1. The van der Waals surface area contributed by atoms with Crippen LogP contribution >= 0.6 is 58.2 Å². The minimum absolute atomic E-state index is 0.0575. The molecule has 3 aromatic rings. The number of hydrogen-bond donors (Lipinski definition) is 2. The summed E-state index contributed by atoms with van der Waals surface area (Å²) < 4.78 is 0. The molecular weight excluding hydrogens is 450 g/mol. The maximum Gasteiger partial charge on any atom is 0.234 e. The maximum atomic E-state index is 12.2. The second kappa shape index (κ2) is 8.71. The van der Waals surface area contributed by atoms with Gasteiger partial charge in [-0.1, -0.05) is 88.0 Å². The molecule has 0 unspecified atom stereocenters. The predicted octanol–water partition coefficient (Wildman–Crippen LogP) is 6.12. The number of nitrogens with zero attached hydrogens (tertiary/aromatic N) is 2. The van der Waals surface area contributed by atoms with E-state index in [1.165, 1.54) is 17.8 Å². The summed E-state index contributed by atoms with van der Waals surface area (Å²) in [4.78, 5) is 16.6. The smallest absolute Gasteiger partial charge is 0.234 e. The Bertz CT molecular complexity index is 965. The van der Waals surface area contributed by atoms with Crippen molar-refractivity contribution in [2.75, 3.05) is 11.1 Å². The lowest BCUT2D eigenvalue weighted by Crippen LogP contribution is -2.15. The number of H-pyrrole nitrogens is 1. The van der Waals surface area contributed by atoms with Crippen LogP contribution in [0.15, 0.2) is 35.5 Å².